The first-order valence-electron chi connectivity index (χ1n) is 11.7. The lowest BCUT2D eigenvalue weighted by molar-refractivity contribution is -0.136. The summed E-state index contributed by atoms with van der Waals surface area (Å²) < 4.78 is 61.1. The van der Waals surface area contributed by atoms with Gasteiger partial charge in [0.25, 0.3) is 5.91 Å². The van der Waals surface area contributed by atoms with Gasteiger partial charge in [-0.25, -0.2) is 18.7 Å². The van der Waals surface area contributed by atoms with Crippen LogP contribution in [-0.2, 0) is 17.5 Å². The topological polar surface area (TPSA) is 80.0 Å². The number of nitrogens with zero attached hydrogens (tertiary/aromatic N) is 5. The molecule has 0 N–H and O–H groups in total. The molecule has 0 radical (unpaired) electrons. The first-order valence-corrected chi connectivity index (χ1v) is 11.7. The lowest BCUT2D eigenvalue weighted by Gasteiger charge is -2.33. The van der Waals surface area contributed by atoms with Crippen LogP contribution in [0, 0.1) is 5.82 Å². The standard InChI is InChI=1S/C26H21F4N5O3/c27-19-8-6-18(7-9-19)21-14-20(26(28,29)30)23-31-22(15-35(23)32-21)24(36)33-10-12-34(13-11-33)25(37)38-16-17-4-2-1-3-5-17/h1-9,14-15H,10-13,16H2. The number of halogens is 4. The summed E-state index contributed by atoms with van der Waals surface area (Å²) in [6.07, 6.45) is -4.14. The summed E-state index contributed by atoms with van der Waals surface area (Å²) in [5.74, 6) is -1.12. The van der Waals surface area contributed by atoms with Gasteiger partial charge < -0.3 is 14.5 Å². The number of benzene rings is 2. The van der Waals surface area contributed by atoms with Crippen LogP contribution in [0.2, 0.25) is 0 Å². The zero-order chi connectivity index (χ0) is 26.9. The predicted molar refractivity (Wildman–Crippen MR) is 127 cm³/mol. The van der Waals surface area contributed by atoms with Crippen molar-refractivity contribution in [2.24, 2.45) is 0 Å². The van der Waals surface area contributed by atoms with Crippen LogP contribution in [0.4, 0.5) is 22.4 Å². The highest BCUT2D eigenvalue weighted by Crippen LogP contribution is 2.34. The molecule has 0 aliphatic carbocycles. The number of imidazole rings is 1. The molecule has 1 fully saturated rings. The average molecular weight is 527 g/mol. The summed E-state index contributed by atoms with van der Waals surface area (Å²) in [6, 6.07) is 14.9. The van der Waals surface area contributed by atoms with Gasteiger partial charge in [-0.05, 0) is 35.9 Å². The second-order valence-electron chi connectivity index (χ2n) is 8.66. The van der Waals surface area contributed by atoms with Crippen LogP contribution < -0.4 is 0 Å². The van der Waals surface area contributed by atoms with Gasteiger partial charge in [-0.1, -0.05) is 30.3 Å². The lowest BCUT2D eigenvalue weighted by atomic mass is 10.1. The van der Waals surface area contributed by atoms with Gasteiger partial charge in [0.05, 0.1) is 11.9 Å². The highest BCUT2D eigenvalue weighted by atomic mass is 19.4. The van der Waals surface area contributed by atoms with Crippen LogP contribution >= 0.6 is 0 Å². The molecule has 38 heavy (non-hydrogen) atoms. The van der Waals surface area contributed by atoms with Crippen molar-refractivity contribution < 1.29 is 31.9 Å². The van der Waals surface area contributed by atoms with E-state index in [2.05, 4.69) is 10.1 Å². The van der Waals surface area contributed by atoms with Crippen molar-refractivity contribution in [1.82, 2.24) is 24.4 Å². The van der Waals surface area contributed by atoms with Gasteiger partial charge in [-0.3, -0.25) is 4.79 Å². The van der Waals surface area contributed by atoms with Crippen LogP contribution in [-0.4, -0.2) is 62.6 Å². The van der Waals surface area contributed by atoms with E-state index in [4.69, 9.17) is 4.74 Å². The van der Waals surface area contributed by atoms with E-state index in [0.717, 1.165) is 34.5 Å². The molecule has 5 rings (SSSR count). The monoisotopic (exact) mass is 527 g/mol. The number of rotatable bonds is 4. The Bertz CT molecular complexity index is 1460. The maximum Gasteiger partial charge on any atom is 0.420 e. The number of hydrogen-bond donors (Lipinski definition) is 0. The largest absolute Gasteiger partial charge is 0.445 e. The fourth-order valence-electron chi connectivity index (χ4n) is 4.12. The molecule has 8 nitrogen and oxygen atoms in total. The fourth-order valence-corrected chi connectivity index (χ4v) is 4.12. The third kappa shape index (κ3) is 5.29. The molecule has 12 heteroatoms. The molecule has 0 unspecified atom stereocenters. The molecule has 4 aromatic rings. The second kappa shape index (κ2) is 10.1. The number of aromatic nitrogens is 3. The predicted octanol–water partition coefficient (Wildman–Crippen LogP) is 4.65. The van der Waals surface area contributed by atoms with Crippen LogP contribution in [0.25, 0.3) is 16.9 Å². The highest BCUT2D eigenvalue weighted by Gasteiger charge is 2.36. The maximum absolute atomic E-state index is 13.8. The Morgan fingerprint density at radius 1 is 0.921 bits per heavy atom. The second-order valence-corrected chi connectivity index (χ2v) is 8.66. The molecular weight excluding hydrogens is 506 g/mol. The van der Waals surface area contributed by atoms with Crippen molar-refractivity contribution in [3.63, 3.8) is 0 Å². The van der Waals surface area contributed by atoms with E-state index < -0.39 is 35.2 Å². The molecule has 0 atom stereocenters. The van der Waals surface area contributed by atoms with E-state index >= 15 is 0 Å². The number of carbonyl (C=O) groups is 2. The molecule has 1 aliphatic heterocycles. The molecule has 196 valence electrons. The quantitative estimate of drug-likeness (QED) is 0.361. The van der Waals surface area contributed by atoms with Gasteiger partial charge >= 0.3 is 12.3 Å². The minimum absolute atomic E-state index is 0.0520. The Kier molecular flexibility index (Phi) is 6.70. The van der Waals surface area contributed by atoms with E-state index in [9.17, 15) is 27.2 Å². The van der Waals surface area contributed by atoms with Crippen LogP contribution in [0.3, 0.4) is 0 Å². The zero-order valence-electron chi connectivity index (χ0n) is 19.9. The first-order chi connectivity index (χ1) is 18.2. The molecule has 1 aliphatic rings. The van der Waals surface area contributed by atoms with E-state index in [0.29, 0.717) is 0 Å². The van der Waals surface area contributed by atoms with Crippen molar-refractivity contribution in [3.05, 3.63) is 89.5 Å². The molecule has 0 bridgehead atoms. The van der Waals surface area contributed by atoms with Gasteiger partial charge in [-0.2, -0.15) is 18.3 Å². The van der Waals surface area contributed by atoms with Gasteiger partial charge in [0.1, 0.15) is 23.7 Å². The van der Waals surface area contributed by atoms with E-state index in [-0.39, 0.29) is 49.7 Å². The van der Waals surface area contributed by atoms with Crippen LogP contribution in [0.5, 0.6) is 0 Å². The van der Waals surface area contributed by atoms with Crippen molar-refractivity contribution in [1.29, 1.82) is 0 Å². The normalized spacial score (nSPS) is 14.1. The van der Waals surface area contributed by atoms with Gasteiger partial charge in [-0.15, -0.1) is 0 Å². The van der Waals surface area contributed by atoms with E-state index in [1.54, 1.807) is 0 Å². The Hall–Kier alpha value is -4.48. The summed E-state index contributed by atoms with van der Waals surface area (Å²) >= 11 is 0. The van der Waals surface area contributed by atoms with Crippen molar-refractivity contribution in [2.45, 2.75) is 12.8 Å². The molecule has 0 spiro atoms. The minimum atomic E-state index is -4.77. The Morgan fingerprint density at radius 2 is 1.58 bits per heavy atom. The summed E-state index contributed by atoms with van der Waals surface area (Å²) in [4.78, 5) is 32.3. The summed E-state index contributed by atoms with van der Waals surface area (Å²) in [5, 5.41) is 4.17. The Labute approximate surface area is 214 Å². The molecule has 3 heterocycles. The zero-order valence-corrected chi connectivity index (χ0v) is 19.9. The number of carbonyl (C=O) groups excluding carboxylic acids is 2. The molecule has 0 saturated carbocycles. The number of amides is 2. The molecule has 2 amide bonds. The van der Waals surface area contributed by atoms with Crippen LogP contribution in [0.15, 0.2) is 66.9 Å². The third-order valence-electron chi connectivity index (χ3n) is 6.12. The number of ether oxygens (including phenoxy) is 1. The smallest absolute Gasteiger partial charge is 0.420 e. The molecule has 2 aromatic heterocycles. The number of alkyl halides is 3. The average Bonchev–Trinajstić information content (AvgIpc) is 3.35. The SMILES string of the molecule is O=C(OCc1ccccc1)N1CCN(C(=O)c2cn3nc(-c4ccc(F)cc4)cc(C(F)(F)F)c3n2)CC1. The number of fused-ring (bicyclic) bond motifs is 1. The lowest BCUT2D eigenvalue weighted by Crippen LogP contribution is -2.50. The summed E-state index contributed by atoms with van der Waals surface area (Å²) in [5.41, 5.74) is -0.735. The highest BCUT2D eigenvalue weighted by molar-refractivity contribution is 5.93. The molecule has 2 aromatic carbocycles. The molecule has 1 saturated heterocycles. The van der Waals surface area contributed by atoms with Gasteiger partial charge in [0, 0.05) is 31.7 Å². The Balaban J connectivity index is 1.31. The minimum Gasteiger partial charge on any atom is -0.445 e. The maximum atomic E-state index is 13.8. The number of piperazine rings is 1. The first kappa shape index (κ1) is 25.2. The van der Waals surface area contributed by atoms with E-state index in [1.165, 1.54) is 21.9 Å². The Morgan fingerprint density at radius 3 is 2.24 bits per heavy atom. The molecular formula is C26H21F4N5O3. The van der Waals surface area contributed by atoms with E-state index in [1.807, 2.05) is 30.3 Å². The fraction of sp³-hybridized carbons (Fsp3) is 0.231. The van der Waals surface area contributed by atoms with Crippen molar-refractivity contribution >= 4 is 17.6 Å². The third-order valence-corrected chi connectivity index (χ3v) is 6.12. The van der Waals surface area contributed by atoms with Gasteiger partial charge in [0.2, 0.25) is 0 Å². The van der Waals surface area contributed by atoms with Crippen LogP contribution in [0.1, 0.15) is 21.6 Å². The summed E-state index contributed by atoms with van der Waals surface area (Å²) in [6.45, 7) is 0.844. The van der Waals surface area contributed by atoms with Crippen molar-refractivity contribution in [2.75, 3.05) is 26.2 Å². The number of hydrogen-bond acceptors (Lipinski definition) is 5. The summed E-state index contributed by atoms with van der Waals surface area (Å²) in [7, 11) is 0. The van der Waals surface area contributed by atoms with Gasteiger partial charge in [0.15, 0.2) is 5.65 Å². The van der Waals surface area contributed by atoms with Crippen molar-refractivity contribution in [3.8, 4) is 11.3 Å².